The van der Waals surface area contributed by atoms with E-state index in [2.05, 4.69) is 20.0 Å². The van der Waals surface area contributed by atoms with E-state index in [-0.39, 0.29) is 17.3 Å². The van der Waals surface area contributed by atoms with E-state index in [4.69, 9.17) is 0 Å². The molecule has 0 saturated carbocycles. The monoisotopic (exact) mass is 265 g/mol. The Morgan fingerprint density at radius 2 is 2.11 bits per heavy atom. The second-order valence-corrected chi connectivity index (χ2v) is 3.48. The molecule has 98 valence electrons. The summed E-state index contributed by atoms with van der Waals surface area (Å²) in [6, 6.07) is 5.11. The van der Waals surface area contributed by atoms with Crippen LogP contribution >= 0.6 is 0 Å². The van der Waals surface area contributed by atoms with Gasteiger partial charge in [-0.1, -0.05) is 6.07 Å². The number of hydrogen-bond acceptors (Lipinski definition) is 5. The van der Waals surface area contributed by atoms with E-state index in [0.717, 1.165) is 6.07 Å². The van der Waals surface area contributed by atoms with Gasteiger partial charge in [0.25, 0.3) is 0 Å². The molecule has 0 unspecified atom stereocenters. The van der Waals surface area contributed by atoms with Crippen LogP contribution in [0.3, 0.4) is 0 Å². The van der Waals surface area contributed by atoms with Gasteiger partial charge in [0.1, 0.15) is 5.82 Å². The van der Waals surface area contributed by atoms with Gasteiger partial charge in [-0.25, -0.2) is 23.5 Å². The fourth-order valence-corrected chi connectivity index (χ4v) is 1.36. The Hall–Kier alpha value is -2.57. The molecular weight excluding hydrogens is 256 g/mol. The maximum atomic E-state index is 13.4. The van der Waals surface area contributed by atoms with Crippen LogP contribution in [-0.4, -0.2) is 23.0 Å². The average molecular weight is 265 g/mol. The Morgan fingerprint density at radius 1 is 1.32 bits per heavy atom. The number of rotatable bonds is 3. The maximum Gasteiger partial charge on any atom is 0.376 e. The third-order valence-electron chi connectivity index (χ3n) is 2.24. The molecule has 1 heterocycles. The van der Waals surface area contributed by atoms with E-state index in [1.165, 1.54) is 31.5 Å². The highest BCUT2D eigenvalue weighted by Crippen LogP contribution is 2.20. The van der Waals surface area contributed by atoms with E-state index in [0.29, 0.717) is 0 Å². The second kappa shape index (κ2) is 5.38. The number of hydrogen-bond donors (Lipinski definition) is 1. The van der Waals surface area contributed by atoms with Crippen molar-refractivity contribution in [3.8, 4) is 0 Å². The van der Waals surface area contributed by atoms with Gasteiger partial charge in [0.2, 0.25) is 5.82 Å². The summed E-state index contributed by atoms with van der Waals surface area (Å²) >= 11 is 0. The molecule has 0 amide bonds. The molecule has 0 aliphatic carbocycles. The van der Waals surface area contributed by atoms with Gasteiger partial charge in [-0.3, -0.25) is 0 Å². The number of benzene rings is 1. The number of halogens is 2. The van der Waals surface area contributed by atoms with Crippen LogP contribution < -0.4 is 5.32 Å². The van der Waals surface area contributed by atoms with Crippen molar-refractivity contribution in [1.29, 1.82) is 0 Å². The quantitative estimate of drug-likeness (QED) is 0.862. The van der Waals surface area contributed by atoms with Gasteiger partial charge in [-0.2, -0.15) is 0 Å². The predicted octanol–water partition coefficient (Wildman–Crippen LogP) is 2.29. The minimum atomic E-state index is -1.03. The number of anilines is 2. The van der Waals surface area contributed by atoms with Crippen LogP contribution in [0.4, 0.5) is 20.3 Å². The summed E-state index contributed by atoms with van der Waals surface area (Å²) in [4.78, 5) is 18.8. The zero-order chi connectivity index (χ0) is 13.8. The zero-order valence-corrected chi connectivity index (χ0v) is 9.85. The number of ether oxygens (including phenoxy) is 1. The molecule has 0 fully saturated rings. The van der Waals surface area contributed by atoms with E-state index in [1.807, 2.05) is 0 Å². The molecule has 1 aromatic heterocycles. The highest BCUT2D eigenvalue weighted by Gasteiger charge is 2.12. The lowest BCUT2D eigenvalue weighted by Crippen LogP contribution is -2.08. The molecule has 1 N–H and O–H groups in total. The molecule has 5 nitrogen and oxygen atoms in total. The Balaban J connectivity index is 2.28. The molecule has 0 spiro atoms. The fourth-order valence-electron chi connectivity index (χ4n) is 1.36. The molecule has 1 aromatic carbocycles. The normalized spacial score (nSPS) is 10.1. The van der Waals surface area contributed by atoms with E-state index in [1.54, 1.807) is 0 Å². The SMILES string of the molecule is COC(=O)c1nccc(Nc2cccc(F)c2F)n1. The van der Waals surface area contributed by atoms with Crippen LogP contribution in [0.5, 0.6) is 0 Å². The van der Waals surface area contributed by atoms with E-state index in [9.17, 15) is 13.6 Å². The molecule has 0 saturated heterocycles. The molecule has 0 aliphatic heterocycles. The van der Waals surface area contributed by atoms with Gasteiger partial charge in [0.05, 0.1) is 12.8 Å². The zero-order valence-electron chi connectivity index (χ0n) is 9.85. The van der Waals surface area contributed by atoms with Gasteiger partial charge in [0, 0.05) is 6.20 Å². The molecule has 7 heteroatoms. The van der Waals surface area contributed by atoms with Gasteiger partial charge in [0.15, 0.2) is 11.6 Å². The number of esters is 1. The minimum Gasteiger partial charge on any atom is -0.463 e. The highest BCUT2D eigenvalue weighted by atomic mass is 19.2. The van der Waals surface area contributed by atoms with Crippen LogP contribution in [0.2, 0.25) is 0 Å². The van der Waals surface area contributed by atoms with Crippen molar-refractivity contribution in [2.75, 3.05) is 12.4 Å². The summed E-state index contributed by atoms with van der Waals surface area (Å²) in [5, 5.41) is 2.56. The van der Waals surface area contributed by atoms with Crippen LogP contribution in [0.25, 0.3) is 0 Å². The fraction of sp³-hybridized carbons (Fsp3) is 0.0833. The summed E-state index contributed by atoms with van der Waals surface area (Å²) in [6.45, 7) is 0. The predicted molar refractivity (Wildman–Crippen MR) is 63.0 cm³/mol. The molecule has 2 aromatic rings. The number of carbonyl (C=O) groups excluding carboxylic acids is 1. The topological polar surface area (TPSA) is 64.1 Å². The van der Waals surface area contributed by atoms with Crippen molar-refractivity contribution in [3.63, 3.8) is 0 Å². The average Bonchev–Trinajstić information content (AvgIpc) is 2.43. The second-order valence-electron chi connectivity index (χ2n) is 3.48. The first-order chi connectivity index (χ1) is 9.11. The Kier molecular flexibility index (Phi) is 3.65. The minimum absolute atomic E-state index is 0.0884. The number of aromatic nitrogens is 2. The van der Waals surface area contributed by atoms with Crippen LogP contribution in [0, 0.1) is 11.6 Å². The van der Waals surface area contributed by atoms with Gasteiger partial charge in [-0.15, -0.1) is 0 Å². The summed E-state index contributed by atoms with van der Waals surface area (Å²) in [7, 11) is 1.19. The summed E-state index contributed by atoms with van der Waals surface area (Å²) in [5.74, 6) is -2.75. The largest absolute Gasteiger partial charge is 0.463 e. The molecule has 0 atom stereocenters. The highest BCUT2D eigenvalue weighted by molar-refractivity contribution is 5.85. The van der Waals surface area contributed by atoms with Crippen LogP contribution in [-0.2, 0) is 4.74 Å². The van der Waals surface area contributed by atoms with Crippen LogP contribution in [0.1, 0.15) is 10.6 Å². The Morgan fingerprint density at radius 3 is 2.84 bits per heavy atom. The third kappa shape index (κ3) is 2.82. The number of nitrogens with zero attached hydrogens (tertiary/aromatic N) is 2. The maximum absolute atomic E-state index is 13.4. The lowest BCUT2D eigenvalue weighted by Gasteiger charge is -2.07. The molecule has 0 aliphatic rings. The lowest BCUT2D eigenvalue weighted by atomic mass is 10.3. The first kappa shape index (κ1) is 12.9. The van der Waals surface area contributed by atoms with Crippen molar-refractivity contribution in [1.82, 2.24) is 9.97 Å². The van der Waals surface area contributed by atoms with Gasteiger partial charge >= 0.3 is 5.97 Å². The number of carbonyl (C=O) groups is 1. The van der Waals surface area contributed by atoms with Crippen molar-refractivity contribution < 1.29 is 18.3 Å². The molecule has 19 heavy (non-hydrogen) atoms. The van der Waals surface area contributed by atoms with Crippen molar-refractivity contribution in [2.24, 2.45) is 0 Å². The molecule has 2 rings (SSSR count). The Labute approximate surface area is 107 Å². The van der Waals surface area contributed by atoms with Gasteiger partial charge in [-0.05, 0) is 18.2 Å². The van der Waals surface area contributed by atoms with Crippen molar-refractivity contribution in [2.45, 2.75) is 0 Å². The lowest BCUT2D eigenvalue weighted by molar-refractivity contribution is 0.0587. The molecular formula is C12H9F2N3O2. The van der Waals surface area contributed by atoms with Crippen molar-refractivity contribution >= 4 is 17.5 Å². The van der Waals surface area contributed by atoms with Crippen LogP contribution in [0.15, 0.2) is 30.5 Å². The number of nitrogens with one attached hydrogen (secondary N) is 1. The molecule has 0 bridgehead atoms. The summed E-state index contributed by atoms with van der Waals surface area (Å²) in [5.41, 5.74) is -0.0884. The van der Waals surface area contributed by atoms with Crippen molar-refractivity contribution in [3.05, 3.63) is 47.9 Å². The van der Waals surface area contributed by atoms with E-state index < -0.39 is 17.6 Å². The Bertz CT molecular complexity index is 620. The number of methoxy groups -OCH3 is 1. The molecule has 0 radical (unpaired) electrons. The third-order valence-corrected chi connectivity index (χ3v) is 2.24. The summed E-state index contributed by atoms with van der Waals surface area (Å²) in [6.07, 6.45) is 1.30. The first-order valence-electron chi connectivity index (χ1n) is 5.24. The summed E-state index contributed by atoms with van der Waals surface area (Å²) < 4.78 is 30.9. The first-order valence-corrected chi connectivity index (χ1v) is 5.24. The smallest absolute Gasteiger partial charge is 0.376 e. The van der Waals surface area contributed by atoms with Gasteiger partial charge < -0.3 is 10.1 Å². The van der Waals surface area contributed by atoms with E-state index >= 15 is 0 Å². The standard InChI is InChI=1S/C12H9F2N3O2/c1-19-12(18)11-15-6-5-9(17-11)16-8-4-2-3-7(13)10(8)14/h2-6H,1H3,(H,15,16,17).